The van der Waals surface area contributed by atoms with Crippen LogP contribution in [0.25, 0.3) is 5.69 Å². The Morgan fingerprint density at radius 2 is 2.23 bits per heavy atom. The van der Waals surface area contributed by atoms with E-state index in [4.69, 9.17) is 16.3 Å². The molecule has 2 aromatic rings. The standard InChI is InChI=1S/C18H19ClN4O3/c1-2-18-11-21(8-9-22(18)17(25)26-12-18)16(24)14-10-13(4-5-15(14)19)23-7-3-6-20-23/h3-7,10H,2,8-9,11-12H2,1H3. The molecule has 0 bridgehead atoms. The van der Waals surface area contributed by atoms with Gasteiger partial charge in [0.1, 0.15) is 6.61 Å². The summed E-state index contributed by atoms with van der Waals surface area (Å²) in [5.41, 5.74) is 0.757. The highest BCUT2D eigenvalue weighted by Crippen LogP contribution is 2.33. The van der Waals surface area contributed by atoms with Gasteiger partial charge in [-0.2, -0.15) is 5.10 Å². The molecule has 1 aromatic carbocycles. The summed E-state index contributed by atoms with van der Waals surface area (Å²) >= 11 is 6.31. The second kappa shape index (κ2) is 6.32. The fourth-order valence-corrected chi connectivity index (χ4v) is 3.85. The van der Waals surface area contributed by atoms with Gasteiger partial charge in [-0.05, 0) is 30.7 Å². The van der Waals surface area contributed by atoms with E-state index in [1.165, 1.54) is 0 Å². The molecule has 3 heterocycles. The van der Waals surface area contributed by atoms with Crippen molar-refractivity contribution in [3.63, 3.8) is 0 Å². The average molecular weight is 375 g/mol. The molecular formula is C18H19ClN4O3. The van der Waals surface area contributed by atoms with E-state index < -0.39 is 5.54 Å². The van der Waals surface area contributed by atoms with E-state index in [2.05, 4.69) is 5.10 Å². The Bertz CT molecular complexity index is 854. The highest BCUT2D eigenvalue weighted by Gasteiger charge is 2.50. The number of aromatic nitrogens is 2. The third-order valence-electron chi connectivity index (χ3n) is 5.23. The smallest absolute Gasteiger partial charge is 0.410 e. The molecule has 0 N–H and O–H groups in total. The van der Waals surface area contributed by atoms with Crippen molar-refractivity contribution in [3.05, 3.63) is 47.2 Å². The number of rotatable bonds is 3. The van der Waals surface area contributed by atoms with Crippen molar-refractivity contribution in [2.75, 3.05) is 26.2 Å². The number of piperazine rings is 1. The van der Waals surface area contributed by atoms with Gasteiger partial charge in [-0.1, -0.05) is 18.5 Å². The minimum absolute atomic E-state index is 0.143. The molecular weight excluding hydrogens is 356 g/mol. The quantitative estimate of drug-likeness (QED) is 0.828. The van der Waals surface area contributed by atoms with Gasteiger partial charge in [-0.3, -0.25) is 9.69 Å². The zero-order valence-corrected chi connectivity index (χ0v) is 15.1. The number of carbonyl (C=O) groups excluding carboxylic acids is 2. The molecule has 1 atom stereocenters. The zero-order valence-electron chi connectivity index (χ0n) is 14.4. The first-order valence-corrected chi connectivity index (χ1v) is 8.95. The van der Waals surface area contributed by atoms with Crippen molar-refractivity contribution in [3.8, 4) is 5.69 Å². The summed E-state index contributed by atoms with van der Waals surface area (Å²) in [5.74, 6) is -0.143. The molecule has 2 saturated heterocycles. The molecule has 1 aromatic heterocycles. The third kappa shape index (κ3) is 2.63. The van der Waals surface area contributed by atoms with Gasteiger partial charge in [0.25, 0.3) is 5.91 Å². The second-order valence-corrected chi connectivity index (χ2v) is 7.03. The van der Waals surface area contributed by atoms with Gasteiger partial charge >= 0.3 is 6.09 Å². The lowest BCUT2D eigenvalue weighted by atomic mass is 9.92. The lowest BCUT2D eigenvalue weighted by Crippen LogP contribution is -2.62. The van der Waals surface area contributed by atoms with Crippen LogP contribution in [0.15, 0.2) is 36.7 Å². The van der Waals surface area contributed by atoms with Crippen LogP contribution in [0.3, 0.4) is 0 Å². The predicted molar refractivity (Wildman–Crippen MR) is 95.6 cm³/mol. The highest BCUT2D eigenvalue weighted by molar-refractivity contribution is 6.33. The Kier molecular flexibility index (Phi) is 4.11. The van der Waals surface area contributed by atoms with Crippen LogP contribution in [-0.4, -0.2) is 63.4 Å². The molecule has 2 amide bonds. The summed E-state index contributed by atoms with van der Waals surface area (Å²) in [4.78, 5) is 28.6. The summed E-state index contributed by atoms with van der Waals surface area (Å²) < 4.78 is 6.91. The average Bonchev–Trinajstić information content (AvgIpc) is 3.30. The molecule has 26 heavy (non-hydrogen) atoms. The van der Waals surface area contributed by atoms with E-state index in [0.29, 0.717) is 36.8 Å². The maximum atomic E-state index is 13.1. The van der Waals surface area contributed by atoms with E-state index in [-0.39, 0.29) is 12.0 Å². The molecule has 0 spiro atoms. The zero-order chi connectivity index (χ0) is 18.3. The van der Waals surface area contributed by atoms with E-state index >= 15 is 0 Å². The molecule has 136 valence electrons. The first kappa shape index (κ1) is 16.9. The largest absolute Gasteiger partial charge is 0.447 e. The number of hydrogen-bond acceptors (Lipinski definition) is 4. The minimum Gasteiger partial charge on any atom is -0.447 e. The Labute approximate surface area is 156 Å². The van der Waals surface area contributed by atoms with Crippen molar-refractivity contribution in [1.82, 2.24) is 19.6 Å². The van der Waals surface area contributed by atoms with E-state index in [0.717, 1.165) is 12.1 Å². The lowest BCUT2D eigenvalue weighted by molar-refractivity contribution is 0.0362. The molecule has 0 saturated carbocycles. The third-order valence-corrected chi connectivity index (χ3v) is 5.56. The van der Waals surface area contributed by atoms with Crippen molar-refractivity contribution >= 4 is 23.6 Å². The van der Waals surface area contributed by atoms with Gasteiger partial charge < -0.3 is 9.64 Å². The minimum atomic E-state index is -0.447. The van der Waals surface area contributed by atoms with Gasteiger partial charge in [-0.15, -0.1) is 0 Å². The van der Waals surface area contributed by atoms with Gasteiger partial charge in [0.15, 0.2) is 0 Å². The van der Waals surface area contributed by atoms with Crippen molar-refractivity contribution < 1.29 is 14.3 Å². The number of amides is 2. The molecule has 8 heteroatoms. The Balaban J connectivity index is 1.62. The predicted octanol–water partition coefficient (Wildman–Crippen LogP) is 2.58. The Morgan fingerprint density at radius 1 is 1.38 bits per heavy atom. The summed E-state index contributed by atoms with van der Waals surface area (Å²) in [6.45, 7) is 3.69. The summed E-state index contributed by atoms with van der Waals surface area (Å²) in [7, 11) is 0. The number of carbonyl (C=O) groups is 2. The maximum Gasteiger partial charge on any atom is 0.410 e. The topological polar surface area (TPSA) is 67.7 Å². The number of benzene rings is 1. The number of nitrogens with zero attached hydrogens (tertiary/aromatic N) is 4. The summed E-state index contributed by atoms with van der Waals surface area (Å²) in [5, 5.41) is 4.59. The molecule has 1 unspecified atom stereocenters. The van der Waals surface area contributed by atoms with Gasteiger partial charge in [0.2, 0.25) is 0 Å². The molecule has 4 rings (SSSR count). The normalized spacial score (nSPS) is 22.3. The summed E-state index contributed by atoms with van der Waals surface area (Å²) in [6, 6.07) is 7.09. The van der Waals surface area contributed by atoms with E-state index in [1.807, 2.05) is 25.3 Å². The molecule has 2 aliphatic heterocycles. The van der Waals surface area contributed by atoms with E-state index in [9.17, 15) is 9.59 Å². The molecule has 2 aliphatic rings. The first-order valence-electron chi connectivity index (χ1n) is 8.57. The van der Waals surface area contributed by atoms with Gasteiger partial charge in [0, 0.05) is 32.0 Å². The first-order chi connectivity index (χ1) is 12.5. The SMILES string of the molecule is CCC12COC(=O)N1CCN(C(=O)c1cc(-n3cccn3)ccc1Cl)C2. The highest BCUT2D eigenvalue weighted by atomic mass is 35.5. The molecule has 0 radical (unpaired) electrons. The molecule has 7 nitrogen and oxygen atoms in total. The fraction of sp³-hybridized carbons (Fsp3) is 0.389. The number of cyclic esters (lactones) is 1. The van der Waals surface area contributed by atoms with Crippen LogP contribution in [0.2, 0.25) is 5.02 Å². The van der Waals surface area contributed by atoms with Gasteiger partial charge in [-0.25, -0.2) is 9.48 Å². The van der Waals surface area contributed by atoms with Crippen LogP contribution in [0, 0.1) is 0 Å². The Hall–Kier alpha value is -2.54. The van der Waals surface area contributed by atoms with Crippen molar-refractivity contribution in [1.29, 1.82) is 0 Å². The van der Waals surface area contributed by atoms with Crippen LogP contribution in [0.4, 0.5) is 4.79 Å². The number of ether oxygens (including phenoxy) is 1. The molecule has 2 fully saturated rings. The monoisotopic (exact) mass is 374 g/mol. The van der Waals surface area contributed by atoms with Crippen molar-refractivity contribution in [2.24, 2.45) is 0 Å². The maximum absolute atomic E-state index is 13.1. The number of halogens is 1. The van der Waals surface area contributed by atoms with Crippen LogP contribution in [0.1, 0.15) is 23.7 Å². The lowest BCUT2D eigenvalue weighted by Gasteiger charge is -2.44. The van der Waals surface area contributed by atoms with Crippen LogP contribution >= 0.6 is 11.6 Å². The fourth-order valence-electron chi connectivity index (χ4n) is 3.65. The van der Waals surface area contributed by atoms with Crippen LogP contribution in [0.5, 0.6) is 0 Å². The summed E-state index contributed by atoms with van der Waals surface area (Å²) in [6.07, 6.45) is 3.92. The molecule has 0 aliphatic carbocycles. The Morgan fingerprint density at radius 3 is 2.96 bits per heavy atom. The van der Waals surface area contributed by atoms with Crippen LogP contribution in [-0.2, 0) is 4.74 Å². The second-order valence-electron chi connectivity index (χ2n) is 6.63. The number of hydrogen-bond donors (Lipinski definition) is 0. The van der Waals surface area contributed by atoms with Crippen LogP contribution < -0.4 is 0 Å². The number of fused-ring (bicyclic) bond motifs is 1. The van der Waals surface area contributed by atoms with Gasteiger partial charge in [0.05, 0.1) is 21.8 Å². The van der Waals surface area contributed by atoms with Crippen molar-refractivity contribution in [2.45, 2.75) is 18.9 Å². The van der Waals surface area contributed by atoms with E-state index in [1.54, 1.807) is 32.8 Å².